The molecular formula is C28H23N5OS. The zero-order valence-electron chi connectivity index (χ0n) is 19.1. The van der Waals surface area contributed by atoms with Gasteiger partial charge in [-0.25, -0.2) is 0 Å². The second-order valence-electron chi connectivity index (χ2n) is 8.55. The molecule has 4 aromatic heterocycles. The molecule has 0 saturated heterocycles. The van der Waals surface area contributed by atoms with E-state index in [0.717, 1.165) is 45.4 Å². The summed E-state index contributed by atoms with van der Waals surface area (Å²) in [6.07, 6.45) is 4.79. The number of aromatic amines is 2. The first-order chi connectivity index (χ1) is 17.2. The third-order valence-corrected chi connectivity index (χ3v) is 6.83. The number of hydrogen-bond donors (Lipinski definition) is 3. The Labute approximate surface area is 206 Å². The van der Waals surface area contributed by atoms with Gasteiger partial charge in [0.1, 0.15) is 5.69 Å². The van der Waals surface area contributed by atoms with E-state index in [1.165, 1.54) is 16.5 Å². The number of carbonyl (C=O) groups is 1. The van der Waals surface area contributed by atoms with Crippen molar-refractivity contribution in [2.75, 3.05) is 5.32 Å². The summed E-state index contributed by atoms with van der Waals surface area (Å²) in [7, 11) is 0. The number of nitrogens with zero attached hydrogens (tertiary/aromatic N) is 2. The van der Waals surface area contributed by atoms with Crippen molar-refractivity contribution >= 4 is 44.7 Å². The average molecular weight is 478 g/mol. The van der Waals surface area contributed by atoms with Crippen LogP contribution in [-0.4, -0.2) is 26.1 Å². The zero-order chi connectivity index (χ0) is 23.8. The minimum Gasteiger partial charge on any atom is -0.353 e. The number of anilines is 1. The van der Waals surface area contributed by atoms with Crippen LogP contribution in [0.2, 0.25) is 0 Å². The van der Waals surface area contributed by atoms with Gasteiger partial charge >= 0.3 is 0 Å². The van der Waals surface area contributed by atoms with Crippen LogP contribution in [-0.2, 0) is 4.79 Å². The number of benzene rings is 2. The van der Waals surface area contributed by atoms with Crippen molar-refractivity contribution in [1.29, 1.82) is 0 Å². The average Bonchev–Trinajstić information content (AvgIpc) is 3.63. The zero-order valence-corrected chi connectivity index (χ0v) is 19.9. The van der Waals surface area contributed by atoms with E-state index >= 15 is 0 Å². The van der Waals surface area contributed by atoms with Gasteiger partial charge in [-0.3, -0.25) is 14.9 Å². The molecule has 7 heteroatoms. The summed E-state index contributed by atoms with van der Waals surface area (Å²) < 4.78 is 0. The Morgan fingerprint density at radius 2 is 1.91 bits per heavy atom. The number of carbonyl (C=O) groups excluding carboxylic acids is 1. The lowest BCUT2D eigenvalue weighted by atomic mass is 10.0. The fourth-order valence-electron chi connectivity index (χ4n) is 4.47. The van der Waals surface area contributed by atoms with Gasteiger partial charge in [0.25, 0.3) is 0 Å². The van der Waals surface area contributed by atoms with Crippen molar-refractivity contribution in [2.24, 2.45) is 0 Å². The number of fused-ring (bicyclic) bond motifs is 2. The monoisotopic (exact) mass is 477 g/mol. The molecule has 0 atom stereocenters. The summed E-state index contributed by atoms with van der Waals surface area (Å²) in [5.41, 5.74) is 8.94. The first-order valence-corrected chi connectivity index (χ1v) is 12.5. The summed E-state index contributed by atoms with van der Waals surface area (Å²) in [6, 6.07) is 18.8. The van der Waals surface area contributed by atoms with Crippen LogP contribution in [0.1, 0.15) is 19.8 Å². The Morgan fingerprint density at radius 3 is 2.77 bits per heavy atom. The highest BCUT2D eigenvalue weighted by Gasteiger charge is 2.15. The maximum Gasteiger partial charge on any atom is 0.224 e. The van der Waals surface area contributed by atoms with Gasteiger partial charge in [0.05, 0.1) is 23.1 Å². The predicted octanol–water partition coefficient (Wildman–Crippen LogP) is 7.24. The lowest BCUT2D eigenvalue weighted by molar-refractivity contribution is -0.116. The normalized spacial score (nSPS) is 11.3. The number of amides is 1. The summed E-state index contributed by atoms with van der Waals surface area (Å²) in [5, 5.41) is 17.2. The number of rotatable bonds is 6. The fourth-order valence-corrected chi connectivity index (χ4v) is 5.12. The molecular weight excluding hydrogens is 454 g/mol. The Hall–Kier alpha value is -4.23. The molecule has 0 unspecified atom stereocenters. The number of pyridine rings is 1. The quantitative estimate of drug-likeness (QED) is 0.236. The van der Waals surface area contributed by atoms with E-state index in [2.05, 4.69) is 72.6 Å². The second kappa shape index (κ2) is 8.85. The van der Waals surface area contributed by atoms with Crippen LogP contribution in [0, 0.1) is 0 Å². The highest BCUT2D eigenvalue weighted by molar-refractivity contribution is 7.08. The van der Waals surface area contributed by atoms with Crippen LogP contribution in [0.15, 0.2) is 77.8 Å². The molecule has 3 N–H and O–H groups in total. The molecule has 0 bridgehead atoms. The second-order valence-corrected chi connectivity index (χ2v) is 9.33. The summed E-state index contributed by atoms with van der Waals surface area (Å²) in [4.78, 5) is 19.9. The van der Waals surface area contributed by atoms with Gasteiger partial charge < -0.3 is 10.3 Å². The maximum absolute atomic E-state index is 12.0. The lowest BCUT2D eigenvalue weighted by Gasteiger charge is -2.07. The summed E-state index contributed by atoms with van der Waals surface area (Å²) in [6.45, 7) is 1.99. The van der Waals surface area contributed by atoms with Crippen LogP contribution >= 0.6 is 11.3 Å². The molecule has 6 aromatic rings. The van der Waals surface area contributed by atoms with Crippen molar-refractivity contribution in [1.82, 2.24) is 20.2 Å². The Kier molecular flexibility index (Phi) is 5.39. The van der Waals surface area contributed by atoms with Crippen molar-refractivity contribution < 1.29 is 4.79 Å². The highest BCUT2D eigenvalue weighted by atomic mass is 32.1. The molecule has 4 heterocycles. The fraction of sp³-hybridized carbons (Fsp3) is 0.107. The van der Waals surface area contributed by atoms with Crippen molar-refractivity contribution in [3.63, 3.8) is 0 Å². The molecule has 6 rings (SSSR count). The number of H-pyrrole nitrogens is 2. The topological polar surface area (TPSA) is 86.5 Å². The molecule has 0 aliphatic carbocycles. The molecule has 0 spiro atoms. The van der Waals surface area contributed by atoms with Gasteiger partial charge in [0.2, 0.25) is 5.91 Å². The highest BCUT2D eigenvalue weighted by Crippen LogP contribution is 2.36. The number of nitrogens with one attached hydrogen (secondary N) is 3. The van der Waals surface area contributed by atoms with E-state index in [1.807, 2.05) is 31.3 Å². The molecule has 0 saturated carbocycles. The van der Waals surface area contributed by atoms with Gasteiger partial charge in [-0.15, -0.1) is 0 Å². The van der Waals surface area contributed by atoms with Gasteiger partial charge in [-0.05, 0) is 70.3 Å². The predicted molar refractivity (Wildman–Crippen MR) is 143 cm³/mol. The maximum atomic E-state index is 12.0. The summed E-state index contributed by atoms with van der Waals surface area (Å²) >= 11 is 1.70. The molecule has 0 fully saturated rings. The van der Waals surface area contributed by atoms with Crippen LogP contribution < -0.4 is 5.32 Å². The van der Waals surface area contributed by atoms with Gasteiger partial charge in [-0.1, -0.05) is 25.1 Å². The third-order valence-electron chi connectivity index (χ3n) is 6.15. The van der Waals surface area contributed by atoms with E-state index in [0.29, 0.717) is 12.1 Å². The first kappa shape index (κ1) is 21.3. The van der Waals surface area contributed by atoms with E-state index < -0.39 is 0 Å². The minimum atomic E-state index is -0.000320. The van der Waals surface area contributed by atoms with Crippen molar-refractivity contribution in [3.05, 3.63) is 77.8 Å². The Bertz CT molecular complexity index is 1660. The van der Waals surface area contributed by atoms with Crippen LogP contribution in [0.3, 0.4) is 0 Å². The smallest absolute Gasteiger partial charge is 0.224 e. The van der Waals surface area contributed by atoms with Gasteiger partial charge in [0.15, 0.2) is 0 Å². The van der Waals surface area contributed by atoms with Crippen LogP contribution in [0.4, 0.5) is 5.69 Å². The van der Waals surface area contributed by atoms with Crippen LogP contribution in [0.5, 0.6) is 0 Å². The van der Waals surface area contributed by atoms with E-state index in [9.17, 15) is 4.79 Å². The third kappa shape index (κ3) is 4.00. The standard InChI is InChI=1S/C28H23N5OS/c1-2-4-27(34)30-20-11-19(14-29-15-20)17-7-8-25-23(12-17)28(33-32-25)26-13-22-21(18-9-10-35-16-18)5-3-6-24(22)31-26/h3,5-16,31H,2,4H2,1H3,(H,30,34)(H,32,33). The van der Waals surface area contributed by atoms with Gasteiger partial charge in [0, 0.05) is 34.5 Å². The molecule has 1 amide bonds. The summed E-state index contributed by atoms with van der Waals surface area (Å²) in [5.74, 6) is -0.000320. The van der Waals surface area contributed by atoms with E-state index in [4.69, 9.17) is 0 Å². The van der Waals surface area contributed by atoms with Gasteiger partial charge in [-0.2, -0.15) is 16.4 Å². The minimum absolute atomic E-state index is 0.000320. The molecule has 35 heavy (non-hydrogen) atoms. The molecule has 6 nitrogen and oxygen atoms in total. The molecule has 0 aliphatic heterocycles. The number of hydrogen-bond acceptors (Lipinski definition) is 4. The van der Waals surface area contributed by atoms with Crippen LogP contribution in [0.25, 0.3) is 55.4 Å². The molecule has 172 valence electrons. The largest absolute Gasteiger partial charge is 0.353 e. The molecule has 2 aromatic carbocycles. The first-order valence-electron chi connectivity index (χ1n) is 11.6. The lowest BCUT2D eigenvalue weighted by Crippen LogP contribution is -2.10. The van der Waals surface area contributed by atoms with E-state index in [-0.39, 0.29) is 5.91 Å². The molecule has 0 aliphatic rings. The number of aromatic nitrogens is 4. The van der Waals surface area contributed by atoms with E-state index in [1.54, 1.807) is 17.5 Å². The van der Waals surface area contributed by atoms with Crippen molar-refractivity contribution in [3.8, 4) is 33.6 Å². The Morgan fingerprint density at radius 1 is 0.971 bits per heavy atom. The van der Waals surface area contributed by atoms with Crippen molar-refractivity contribution in [2.45, 2.75) is 19.8 Å². The SMILES string of the molecule is CCCC(=O)Nc1cncc(-c2ccc3[nH]nc(-c4cc5c(-c6ccsc6)cccc5[nH]4)c3c2)c1. The Balaban J connectivity index is 1.40. The number of thiophene rings is 1. The molecule has 0 radical (unpaired) electrons.